The third kappa shape index (κ3) is 4.91. The van der Waals surface area contributed by atoms with E-state index in [1.807, 2.05) is 17.7 Å². The van der Waals surface area contributed by atoms with Crippen molar-refractivity contribution >= 4 is 17.6 Å². The standard InChI is InChI=1S/C19H26N4O3.H2/c1-7-23-10-15(21-11-23)13-8-14(22-18(25)26-19(4,5)6)16(20-9-13)17(24)12(2)3;/h8-12H,7H2,1-6H3,(H,22,25);1H. The molecule has 7 heteroatoms. The van der Waals surface area contributed by atoms with E-state index in [1.165, 1.54) is 0 Å². The van der Waals surface area contributed by atoms with E-state index in [0.29, 0.717) is 11.3 Å². The number of amides is 1. The average molecular weight is 360 g/mol. The van der Waals surface area contributed by atoms with Crippen LogP contribution in [0.3, 0.4) is 0 Å². The molecule has 0 atom stereocenters. The molecule has 2 rings (SSSR count). The Balaban J connectivity index is 0.00000364. The smallest absolute Gasteiger partial charge is 0.412 e. The summed E-state index contributed by atoms with van der Waals surface area (Å²) in [5, 5.41) is 2.65. The monoisotopic (exact) mass is 360 g/mol. The van der Waals surface area contributed by atoms with Crippen molar-refractivity contribution in [3.63, 3.8) is 0 Å². The number of imidazole rings is 1. The molecule has 0 aliphatic heterocycles. The molecule has 0 aliphatic carbocycles. The van der Waals surface area contributed by atoms with Crippen LogP contribution in [0.1, 0.15) is 53.5 Å². The first-order chi connectivity index (χ1) is 12.1. The lowest BCUT2D eigenvalue weighted by Gasteiger charge is -2.20. The molecular weight excluding hydrogens is 332 g/mol. The fourth-order valence-electron chi connectivity index (χ4n) is 2.27. The highest BCUT2D eigenvalue weighted by atomic mass is 16.6. The topological polar surface area (TPSA) is 86.1 Å². The number of ether oxygens (including phenoxy) is 1. The van der Waals surface area contributed by atoms with Crippen molar-refractivity contribution in [1.29, 1.82) is 0 Å². The average Bonchev–Trinajstić information content (AvgIpc) is 3.01. The second-order valence-electron chi connectivity index (χ2n) is 7.36. The summed E-state index contributed by atoms with van der Waals surface area (Å²) in [4.78, 5) is 33.3. The number of rotatable bonds is 5. The van der Waals surface area contributed by atoms with Gasteiger partial charge >= 0.3 is 6.09 Å². The quantitative estimate of drug-likeness (QED) is 0.799. The number of hydrogen-bond donors (Lipinski definition) is 1. The maximum atomic E-state index is 12.5. The molecule has 0 fully saturated rings. The predicted octanol–water partition coefficient (Wildman–Crippen LogP) is 4.40. The number of aryl methyl sites for hydroxylation is 1. The molecule has 142 valence electrons. The molecule has 2 aromatic rings. The number of Topliss-reactive ketones (excluding diaryl/α,β-unsaturated/α-hetero) is 1. The zero-order chi connectivity index (χ0) is 19.5. The Labute approximate surface area is 155 Å². The number of nitrogens with zero attached hydrogens (tertiary/aromatic N) is 3. The van der Waals surface area contributed by atoms with Crippen LogP contribution < -0.4 is 5.32 Å². The van der Waals surface area contributed by atoms with Crippen LogP contribution >= 0.6 is 0 Å². The number of anilines is 1. The van der Waals surface area contributed by atoms with Gasteiger partial charge in [0, 0.05) is 31.8 Å². The summed E-state index contributed by atoms with van der Waals surface area (Å²) in [6.45, 7) is 11.7. The maximum absolute atomic E-state index is 12.5. The Kier molecular flexibility index (Phi) is 5.79. The van der Waals surface area contributed by atoms with Gasteiger partial charge in [0.25, 0.3) is 0 Å². The fourth-order valence-corrected chi connectivity index (χ4v) is 2.27. The number of carbonyl (C=O) groups excluding carboxylic acids is 2. The Morgan fingerprint density at radius 3 is 2.54 bits per heavy atom. The Bertz CT molecular complexity index is 810. The van der Waals surface area contributed by atoms with Gasteiger partial charge in [0.2, 0.25) is 0 Å². The molecule has 2 aromatic heterocycles. The van der Waals surface area contributed by atoms with Gasteiger partial charge in [0.1, 0.15) is 11.3 Å². The van der Waals surface area contributed by atoms with Crippen molar-refractivity contribution in [2.45, 2.75) is 53.7 Å². The summed E-state index contributed by atoms with van der Waals surface area (Å²) in [6, 6.07) is 1.70. The zero-order valence-corrected chi connectivity index (χ0v) is 16.2. The van der Waals surface area contributed by atoms with E-state index >= 15 is 0 Å². The van der Waals surface area contributed by atoms with Gasteiger partial charge < -0.3 is 9.30 Å². The summed E-state index contributed by atoms with van der Waals surface area (Å²) in [6.07, 6.45) is 4.58. The fraction of sp³-hybridized carbons (Fsp3) is 0.474. The second-order valence-corrected chi connectivity index (χ2v) is 7.36. The molecule has 0 radical (unpaired) electrons. The Morgan fingerprint density at radius 1 is 1.31 bits per heavy atom. The molecular formula is C19H28N4O3. The van der Waals surface area contributed by atoms with Gasteiger partial charge in [-0.3, -0.25) is 15.1 Å². The summed E-state index contributed by atoms with van der Waals surface area (Å²) < 4.78 is 7.23. The molecule has 7 nitrogen and oxygen atoms in total. The molecule has 0 saturated carbocycles. The van der Waals surface area contributed by atoms with Crippen molar-refractivity contribution in [1.82, 2.24) is 14.5 Å². The van der Waals surface area contributed by atoms with Crippen LogP contribution in [0.25, 0.3) is 11.3 Å². The normalized spacial score (nSPS) is 11.5. The van der Waals surface area contributed by atoms with Crippen molar-refractivity contribution in [3.8, 4) is 11.3 Å². The van der Waals surface area contributed by atoms with Gasteiger partial charge in [-0.1, -0.05) is 13.8 Å². The van der Waals surface area contributed by atoms with Gasteiger partial charge in [-0.25, -0.2) is 9.78 Å². The van der Waals surface area contributed by atoms with E-state index in [4.69, 9.17) is 4.74 Å². The van der Waals surface area contributed by atoms with Crippen LogP contribution in [0.4, 0.5) is 10.5 Å². The van der Waals surface area contributed by atoms with Crippen LogP contribution in [0.2, 0.25) is 0 Å². The van der Waals surface area contributed by atoms with Crippen LogP contribution in [-0.2, 0) is 11.3 Å². The summed E-state index contributed by atoms with van der Waals surface area (Å²) in [5.74, 6) is -0.395. The molecule has 26 heavy (non-hydrogen) atoms. The highest BCUT2D eigenvalue weighted by Gasteiger charge is 2.22. The van der Waals surface area contributed by atoms with E-state index in [9.17, 15) is 9.59 Å². The number of hydrogen-bond acceptors (Lipinski definition) is 5. The number of nitrogens with one attached hydrogen (secondary N) is 1. The zero-order valence-electron chi connectivity index (χ0n) is 16.2. The van der Waals surface area contributed by atoms with E-state index in [-0.39, 0.29) is 18.8 Å². The molecule has 2 heterocycles. The van der Waals surface area contributed by atoms with Gasteiger partial charge in [-0.05, 0) is 33.8 Å². The predicted molar refractivity (Wildman–Crippen MR) is 102 cm³/mol. The van der Waals surface area contributed by atoms with Crippen LogP contribution in [0.15, 0.2) is 24.8 Å². The number of carbonyl (C=O) groups is 2. The largest absolute Gasteiger partial charge is 0.444 e. The summed E-state index contributed by atoms with van der Waals surface area (Å²) in [7, 11) is 0. The lowest BCUT2D eigenvalue weighted by Crippen LogP contribution is -2.28. The van der Waals surface area contributed by atoms with Gasteiger partial charge in [0.05, 0.1) is 17.7 Å². The third-order valence-corrected chi connectivity index (χ3v) is 3.58. The molecule has 0 saturated heterocycles. The first kappa shape index (κ1) is 19.6. The maximum Gasteiger partial charge on any atom is 0.412 e. The van der Waals surface area contributed by atoms with Crippen molar-refractivity contribution in [2.75, 3.05) is 5.32 Å². The van der Waals surface area contributed by atoms with E-state index in [1.54, 1.807) is 53.2 Å². The first-order valence-electron chi connectivity index (χ1n) is 8.67. The summed E-state index contributed by atoms with van der Waals surface area (Å²) >= 11 is 0. The van der Waals surface area contributed by atoms with E-state index < -0.39 is 11.7 Å². The molecule has 0 aromatic carbocycles. The van der Waals surface area contributed by atoms with Crippen LogP contribution in [0, 0.1) is 5.92 Å². The highest BCUT2D eigenvalue weighted by Crippen LogP contribution is 2.25. The molecule has 0 bridgehead atoms. The number of pyridine rings is 1. The van der Waals surface area contributed by atoms with E-state index in [2.05, 4.69) is 15.3 Å². The molecule has 0 aliphatic rings. The molecule has 1 N–H and O–H groups in total. The van der Waals surface area contributed by atoms with Crippen molar-refractivity contribution < 1.29 is 15.8 Å². The summed E-state index contributed by atoms with van der Waals surface area (Å²) in [5.41, 5.74) is 1.32. The number of ketones is 1. The number of aromatic nitrogens is 3. The van der Waals surface area contributed by atoms with Gasteiger partial charge in [-0.15, -0.1) is 0 Å². The lowest BCUT2D eigenvalue weighted by atomic mass is 10.0. The van der Waals surface area contributed by atoms with E-state index in [0.717, 1.165) is 12.2 Å². The van der Waals surface area contributed by atoms with Crippen molar-refractivity contribution in [3.05, 3.63) is 30.5 Å². The molecule has 1 amide bonds. The lowest BCUT2D eigenvalue weighted by molar-refractivity contribution is 0.0636. The Hall–Kier alpha value is -2.70. The second kappa shape index (κ2) is 7.68. The molecule has 0 spiro atoms. The highest BCUT2D eigenvalue weighted by molar-refractivity contribution is 6.03. The minimum absolute atomic E-state index is 0. The SMILES string of the molecule is CCn1cnc(-c2cnc(C(=O)C(C)C)c(NC(=O)OC(C)(C)C)c2)c1.[HH]. The van der Waals surface area contributed by atoms with Gasteiger partial charge in [0.15, 0.2) is 5.78 Å². The van der Waals surface area contributed by atoms with Gasteiger partial charge in [-0.2, -0.15) is 0 Å². The van der Waals surface area contributed by atoms with Crippen molar-refractivity contribution in [2.24, 2.45) is 5.92 Å². The first-order valence-corrected chi connectivity index (χ1v) is 8.67. The minimum Gasteiger partial charge on any atom is -0.444 e. The molecule has 0 unspecified atom stereocenters. The minimum atomic E-state index is -0.642. The van der Waals surface area contributed by atoms with Crippen LogP contribution in [0.5, 0.6) is 0 Å². The van der Waals surface area contributed by atoms with Crippen LogP contribution in [-0.4, -0.2) is 32.0 Å². The third-order valence-electron chi connectivity index (χ3n) is 3.58. The Morgan fingerprint density at radius 2 is 2.00 bits per heavy atom.